The number of rotatable bonds is 5. The van der Waals surface area contributed by atoms with E-state index in [2.05, 4.69) is 4.98 Å². The lowest BCUT2D eigenvalue weighted by atomic mass is 9.91. The molecule has 0 saturated carbocycles. The molecule has 6 nitrogen and oxygen atoms in total. The summed E-state index contributed by atoms with van der Waals surface area (Å²) >= 11 is 0. The molecule has 144 valence electrons. The SMILES string of the molecule is CS(=O)(=O)N1CCCN(C(=O)C[C@@H](c2ccccc2)c2ccccn2)CC1. The molecule has 0 N–H and O–H groups in total. The van der Waals surface area contributed by atoms with Gasteiger partial charge in [-0.2, -0.15) is 0 Å². The molecule has 1 aromatic carbocycles. The molecule has 0 bridgehead atoms. The highest BCUT2D eigenvalue weighted by Crippen LogP contribution is 2.27. The van der Waals surface area contributed by atoms with E-state index >= 15 is 0 Å². The van der Waals surface area contributed by atoms with E-state index in [1.807, 2.05) is 48.5 Å². The van der Waals surface area contributed by atoms with Gasteiger partial charge in [-0.1, -0.05) is 36.4 Å². The highest BCUT2D eigenvalue weighted by Gasteiger charge is 2.26. The Bertz CT molecular complexity index is 817. The second-order valence-corrected chi connectivity index (χ2v) is 8.80. The van der Waals surface area contributed by atoms with Crippen LogP contribution in [0.15, 0.2) is 54.7 Å². The van der Waals surface area contributed by atoms with Crippen molar-refractivity contribution in [3.8, 4) is 0 Å². The van der Waals surface area contributed by atoms with Crippen molar-refractivity contribution in [1.82, 2.24) is 14.2 Å². The van der Waals surface area contributed by atoms with Gasteiger partial charge in [-0.15, -0.1) is 0 Å². The van der Waals surface area contributed by atoms with Crippen LogP contribution >= 0.6 is 0 Å². The molecule has 0 unspecified atom stereocenters. The quantitative estimate of drug-likeness (QED) is 0.788. The van der Waals surface area contributed by atoms with Crippen molar-refractivity contribution in [2.24, 2.45) is 0 Å². The lowest BCUT2D eigenvalue weighted by Gasteiger charge is -2.24. The van der Waals surface area contributed by atoms with Crippen LogP contribution in [0.2, 0.25) is 0 Å². The van der Waals surface area contributed by atoms with Gasteiger partial charge in [0.2, 0.25) is 15.9 Å². The van der Waals surface area contributed by atoms with Crippen LogP contribution in [-0.4, -0.2) is 60.9 Å². The number of benzene rings is 1. The zero-order valence-corrected chi connectivity index (χ0v) is 16.3. The maximum absolute atomic E-state index is 13.0. The zero-order chi connectivity index (χ0) is 19.3. The van der Waals surface area contributed by atoms with E-state index in [4.69, 9.17) is 0 Å². The smallest absolute Gasteiger partial charge is 0.223 e. The molecule has 1 aliphatic rings. The summed E-state index contributed by atoms with van der Waals surface area (Å²) in [7, 11) is -3.22. The van der Waals surface area contributed by atoms with Gasteiger partial charge in [-0.25, -0.2) is 12.7 Å². The summed E-state index contributed by atoms with van der Waals surface area (Å²) in [5.41, 5.74) is 1.92. The van der Waals surface area contributed by atoms with Crippen molar-refractivity contribution in [1.29, 1.82) is 0 Å². The molecule has 2 aromatic rings. The number of carbonyl (C=O) groups is 1. The van der Waals surface area contributed by atoms with Gasteiger partial charge in [0.15, 0.2) is 0 Å². The fraction of sp³-hybridized carbons (Fsp3) is 0.400. The highest BCUT2D eigenvalue weighted by atomic mass is 32.2. The molecule has 1 fully saturated rings. The molecule has 1 aromatic heterocycles. The molecule has 27 heavy (non-hydrogen) atoms. The largest absolute Gasteiger partial charge is 0.341 e. The number of sulfonamides is 1. The monoisotopic (exact) mass is 387 g/mol. The third kappa shape index (κ3) is 5.14. The van der Waals surface area contributed by atoms with Crippen molar-refractivity contribution in [3.63, 3.8) is 0 Å². The number of pyridine rings is 1. The Balaban J connectivity index is 1.75. The molecular weight excluding hydrogens is 362 g/mol. The van der Waals surface area contributed by atoms with Gasteiger partial charge in [0.1, 0.15) is 0 Å². The number of carbonyl (C=O) groups excluding carboxylic acids is 1. The summed E-state index contributed by atoms with van der Waals surface area (Å²) in [6.45, 7) is 1.82. The molecule has 2 heterocycles. The molecule has 1 aliphatic heterocycles. The number of hydrogen-bond donors (Lipinski definition) is 0. The van der Waals surface area contributed by atoms with Crippen LogP contribution < -0.4 is 0 Å². The molecule has 1 atom stereocenters. The van der Waals surface area contributed by atoms with Crippen LogP contribution in [0.5, 0.6) is 0 Å². The molecule has 1 amide bonds. The molecule has 1 saturated heterocycles. The number of hydrogen-bond acceptors (Lipinski definition) is 4. The molecule has 0 spiro atoms. The van der Waals surface area contributed by atoms with Crippen molar-refractivity contribution in [2.45, 2.75) is 18.8 Å². The number of aromatic nitrogens is 1. The zero-order valence-electron chi connectivity index (χ0n) is 15.5. The summed E-state index contributed by atoms with van der Waals surface area (Å²) in [4.78, 5) is 19.2. The number of nitrogens with zero attached hydrogens (tertiary/aromatic N) is 3. The molecule has 7 heteroatoms. The minimum Gasteiger partial charge on any atom is -0.341 e. The lowest BCUT2D eigenvalue weighted by Crippen LogP contribution is -2.37. The fourth-order valence-electron chi connectivity index (χ4n) is 3.44. The maximum atomic E-state index is 13.0. The van der Waals surface area contributed by atoms with Crippen LogP contribution in [0.1, 0.15) is 30.0 Å². The third-order valence-corrected chi connectivity index (χ3v) is 6.21. The Kier molecular flexibility index (Phi) is 6.23. The van der Waals surface area contributed by atoms with E-state index in [0.29, 0.717) is 39.0 Å². The Hall–Kier alpha value is -2.25. The lowest BCUT2D eigenvalue weighted by molar-refractivity contribution is -0.131. The second kappa shape index (κ2) is 8.63. The van der Waals surface area contributed by atoms with Crippen molar-refractivity contribution < 1.29 is 13.2 Å². The average molecular weight is 388 g/mol. The fourth-order valence-corrected chi connectivity index (χ4v) is 4.31. The molecule has 3 rings (SSSR count). The van der Waals surface area contributed by atoms with Gasteiger partial charge in [-0.3, -0.25) is 9.78 Å². The third-order valence-electron chi connectivity index (χ3n) is 4.90. The Labute approximate surface area is 160 Å². The van der Waals surface area contributed by atoms with E-state index in [1.54, 1.807) is 11.1 Å². The van der Waals surface area contributed by atoms with Crippen LogP contribution in [0.25, 0.3) is 0 Å². The first-order valence-corrected chi connectivity index (χ1v) is 11.0. The molecule has 0 aliphatic carbocycles. The average Bonchev–Trinajstić information content (AvgIpc) is 2.94. The van der Waals surface area contributed by atoms with Crippen molar-refractivity contribution in [2.75, 3.05) is 32.4 Å². The van der Waals surface area contributed by atoms with Gasteiger partial charge in [0.05, 0.1) is 6.26 Å². The van der Waals surface area contributed by atoms with Crippen LogP contribution in [0, 0.1) is 0 Å². The Morgan fingerprint density at radius 3 is 2.44 bits per heavy atom. The highest BCUT2D eigenvalue weighted by molar-refractivity contribution is 7.88. The minimum atomic E-state index is -3.22. The predicted octanol–water partition coefficient (Wildman–Crippen LogP) is 2.10. The van der Waals surface area contributed by atoms with Gasteiger partial charge in [-0.05, 0) is 24.1 Å². The molecular formula is C20H25N3O3S. The van der Waals surface area contributed by atoms with Gasteiger partial charge >= 0.3 is 0 Å². The first kappa shape index (κ1) is 19.5. The second-order valence-electron chi connectivity index (χ2n) is 6.82. The first-order chi connectivity index (χ1) is 12.9. The van der Waals surface area contributed by atoms with Crippen molar-refractivity contribution >= 4 is 15.9 Å². The van der Waals surface area contributed by atoms with E-state index < -0.39 is 10.0 Å². The maximum Gasteiger partial charge on any atom is 0.223 e. The van der Waals surface area contributed by atoms with Crippen LogP contribution in [0.4, 0.5) is 0 Å². The topological polar surface area (TPSA) is 70.6 Å². The Morgan fingerprint density at radius 2 is 1.78 bits per heavy atom. The van der Waals surface area contributed by atoms with E-state index in [9.17, 15) is 13.2 Å². The summed E-state index contributed by atoms with van der Waals surface area (Å²) in [6, 6.07) is 15.6. The van der Waals surface area contributed by atoms with E-state index in [-0.39, 0.29) is 11.8 Å². The summed E-state index contributed by atoms with van der Waals surface area (Å²) in [5.74, 6) is -0.0842. The van der Waals surface area contributed by atoms with Crippen molar-refractivity contribution in [3.05, 3.63) is 66.0 Å². The van der Waals surface area contributed by atoms with Crippen LogP contribution in [0.3, 0.4) is 0 Å². The first-order valence-electron chi connectivity index (χ1n) is 9.14. The predicted molar refractivity (Wildman–Crippen MR) is 105 cm³/mol. The normalized spacial score (nSPS) is 17.3. The Morgan fingerprint density at radius 1 is 1.04 bits per heavy atom. The summed E-state index contributed by atoms with van der Waals surface area (Å²) in [6.07, 6.45) is 3.93. The van der Waals surface area contributed by atoms with E-state index in [0.717, 1.165) is 11.3 Å². The summed E-state index contributed by atoms with van der Waals surface area (Å²) in [5, 5.41) is 0. The molecule has 0 radical (unpaired) electrons. The van der Waals surface area contributed by atoms with E-state index in [1.165, 1.54) is 10.6 Å². The number of amides is 1. The summed E-state index contributed by atoms with van der Waals surface area (Å²) < 4.78 is 25.0. The van der Waals surface area contributed by atoms with Gasteiger partial charge in [0, 0.05) is 50.4 Å². The standard InChI is InChI=1S/C20H25N3O3S/c1-27(25,26)23-13-7-12-22(14-15-23)20(24)16-18(17-8-3-2-4-9-17)19-10-5-6-11-21-19/h2-6,8-11,18H,7,12-16H2,1H3/t18-/m0/s1. The van der Waals surface area contributed by atoms with Crippen LogP contribution in [-0.2, 0) is 14.8 Å². The minimum absolute atomic E-state index is 0.0323. The van der Waals surface area contributed by atoms with Gasteiger partial charge < -0.3 is 4.90 Å². The van der Waals surface area contributed by atoms with Gasteiger partial charge in [0.25, 0.3) is 0 Å².